The van der Waals surface area contributed by atoms with Crippen molar-refractivity contribution in [2.24, 2.45) is 5.73 Å². The van der Waals surface area contributed by atoms with Crippen molar-refractivity contribution in [1.29, 1.82) is 0 Å². The van der Waals surface area contributed by atoms with Crippen LogP contribution in [0.3, 0.4) is 0 Å². The molecule has 2 heterocycles. The van der Waals surface area contributed by atoms with E-state index in [0.717, 1.165) is 12.0 Å². The molecule has 0 radical (unpaired) electrons. The molecule has 6 nitrogen and oxygen atoms in total. The fourth-order valence-electron chi connectivity index (χ4n) is 2.68. The lowest BCUT2D eigenvalue weighted by Gasteiger charge is -2.14. The van der Waals surface area contributed by atoms with Crippen LogP contribution in [-0.2, 0) is 16.1 Å². The number of benzene rings is 1. The number of carbonyl (C=O) groups is 1. The summed E-state index contributed by atoms with van der Waals surface area (Å²) in [6, 6.07) is 7.15. The maximum absolute atomic E-state index is 12.3. The van der Waals surface area contributed by atoms with Crippen LogP contribution in [0.5, 0.6) is 0 Å². The van der Waals surface area contributed by atoms with Gasteiger partial charge in [0.15, 0.2) is 0 Å². The zero-order chi connectivity index (χ0) is 17.1. The van der Waals surface area contributed by atoms with Crippen molar-refractivity contribution in [3.8, 4) is 0 Å². The van der Waals surface area contributed by atoms with Crippen molar-refractivity contribution < 1.29 is 9.53 Å². The summed E-state index contributed by atoms with van der Waals surface area (Å²) in [5.74, 6) is 0.390. The molecule has 3 rings (SSSR count). The number of amides is 1. The van der Waals surface area contributed by atoms with E-state index in [2.05, 4.69) is 10.4 Å². The molecule has 0 aliphatic carbocycles. The summed E-state index contributed by atoms with van der Waals surface area (Å²) in [4.78, 5) is 12.3. The summed E-state index contributed by atoms with van der Waals surface area (Å²) in [6.07, 6.45) is 2.56. The van der Waals surface area contributed by atoms with E-state index < -0.39 is 6.10 Å². The van der Waals surface area contributed by atoms with Gasteiger partial charge in [-0.1, -0.05) is 35.3 Å². The highest BCUT2D eigenvalue weighted by molar-refractivity contribution is 6.42. The van der Waals surface area contributed by atoms with Gasteiger partial charge in [-0.3, -0.25) is 4.79 Å². The third-order valence-corrected chi connectivity index (χ3v) is 4.84. The summed E-state index contributed by atoms with van der Waals surface area (Å²) < 4.78 is 7.27. The molecule has 0 spiro atoms. The Hall–Kier alpha value is -1.31. The molecule has 1 fully saturated rings. The SMILES string of the molecule is Cl.NC[C@H]1CC[C@@H](C(=O)Nc2ccnn2Cc2cccc(Cl)c2Cl)O1. The number of hydrogen-bond donors (Lipinski definition) is 2. The first-order valence-corrected chi connectivity index (χ1v) is 8.45. The van der Waals surface area contributed by atoms with Crippen molar-refractivity contribution in [3.05, 3.63) is 46.1 Å². The number of halogens is 3. The van der Waals surface area contributed by atoms with Crippen LogP contribution in [0.2, 0.25) is 10.0 Å². The van der Waals surface area contributed by atoms with E-state index in [1.807, 2.05) is 12.1 Å². The Bertz CT molecular complexity index is 738. The number of nitrogens with one attached hydrogen (secondary N) is 1. The number of nitrogens with two attached hydrogens (primary N) is 1. The van der Waals surface area contributed by atoms with E-state index in [1.54, 1.807) is 23.0 Å². The van der Waals surface area contributed by atoms with E-state index in [1.165, 1.54) is 0 Å². The van der Waals surface area contributed by atoms with Crippen LogP contribution in [-0.4, -0.2) is 34.4 Å². The molecule has 0 unspecified atom stereocenters. The molecule has 1 aromatic heterocycles. The van der Waals surface area contributed by atoms with Gasteiger partial charge in [-0.15, -0.1) is 12.4 Å². The van der Waals surface area contributed by atoms with Gasteiger partial charge < -0.3 is 15.8 Å². The molecule has 1 saturated heterocycles. The Kier molecular flexibility index (Phi) is 7.10. The van der Waals surface area contributed by atoms with Crippen LogP contribution >= 0.6 is 35.6 Å². The average molecular weight is 406 g/mol. The molecule has 9 heteroatoms. The lowest BCUT2D eigenvalue weighted by Crippen LogP contribution is -2.30. The van der Waals surface area contributed by atoms with E-state index in [9.17, 15) is 4.79 Å². The molecule has 1 amide bonds. The number of aromatic nitrogens is 2. The Labute approximate surface area is 162 Å². The Morgan fingerprint density at radius 2 is 2.16 bits per heavy atom. The minimum atomic E-state index is -0.475. The molecule has 1 aliphatic heterocycles. The quantitative estimate of drug-likeness (QED) is 0.801. The summed E-state index contributed by atoms with van der Waals surface area (Å²) in [6.45, 7) is 0.827. The molecule has 3 N–H and O–H groups in total. The molecule has 0 saturated carbocycles. The molecule has 1 aliphatic rings. The van der Waals surface area contributed by atoms with Crippen LogP contribution < -0.4 is 11.1 Å². The standard InChI is InChI=1S/C16H18Cl2N4O2.ClH/c17-12-3-1-2-10(15(12)18)9-22-14(6-7-20-22)21-16(23)13-5-4-11(8-19)24-13;/h1-3,6-7,11,13H,4-5,8-9,19H2,(H,21,23);1H/t11-,13+;/m1./s1. The largest absolute Gasteiger partial charge is 0.364 e. The number of carbonyl (C=O) groups excluding carboxylic acids is 1. The second-order valence-electron chi connectivity index (χ2n) is 5.64. The monoisotopic (exact) mass is 404 g/mol. The predicted molar refractivity (Wildman–Crippen MR) is 101 cm³/mol. The second-order valence-corrected chi connectivity index (χ2v) is 6.42. The normalized spacial score (nSPS) is 19.5. The van der Waals surface area contributed by atoms with Gasteiger partial charge in [0.05, 0.1) is 28.9 Å². The van der Waals surface area contributed by atoms with E-state index in [-0.39, 0.29) is 24.4 Å². The Balaban J connectivity index is 0.00000225. The number of ether oxygens (including phenoxy) is 1. The Morgan fingerprint density at radius 1 is 1.36 bits per heavy atom. The van der Waals surface area contributed by atoms with Crippen LogP contribution in [0, 0.1) is 0 Å². The smallest absolute Gasteiger partial charge is 0.254 e. The molecule has 136 valence electrons. The van der Waals surface area contributed by atoms with E-state index in [0.29, 0.717) is 35.4 Å². The third-order valence-electron chi connectivity index (χ3n) is 3.98. The first kappa shape index (κ1) is 20.0. The van der Waals surface area contributed by atoms with Crippen molar-refractivity contribution in [2.75, 3.05) is 11.9 Å². The lowest BCUT2D eigenvalue weighted by atomic mass is 10.2. The van der Waals surface area contributed by atoms with Crippen LogP contribution in [0.25, 0.3) is 0 Å². The second kappa shape index (κ2) is 8.87. The van der Waals surface area contributed by atoms with E-state index >= 15 is 0 Å². The maximum atomic E-state index is 12.3. The summed E-state index contributed by atoms with van der Waals surface area (Å²) in [7, 11) is 0. The van der Waals surface area contributed by atoms with Crippen molar-refractivity contribution in [3.63, 3.8) is 0 Å². The zero-order valence-electron chi connectivity index (χ0n) is 13.3. The van der Waals surface area contributed by atoms with Crippen molar-refractivity contribution in [2.45, 2.75) is 31.6 Å². The van der Waals surface area contributed by atoms with E-state index in [4.69, 9.17) is 33.7 Å². The van der Waals surface area contributed by atoms with Crippen LogP contribution in [0.15, 0.2) is 30.5 Å². The fourth-order valence-corrected chi connectivity index (χ4v) is 3.06. The third kappa shape index (κ3) is 4.65. The zero-order valence-corrected chi connectivity index (χ0v) is 15.7. The molecular formula is C16H19Cl3N4O2. The molecule has 2 atom stereocenters. The minimum Gasteiger partial charge on any atom is -0.364 e. The number of nitrogens with zero attached hydrogens (tertiary/aromatic N) is 2. The molecular weight excluding hydrogens is 387 g/mol. The van der Waals surface area contributed by atoms with Crippen molar-refractivity contribution in [1.82, 2.24) is 9.78 Å². The molecule has 25 heavy (non-hydrogen) atoms. The van der Waals surface area contributed by atoms with Crippen LogP contribution in [0.1, 0.15) is 18.4 Å². The first-order valence-electron chi connectivity index (χ1n) is 7.69. The van der Waals surface area contributed by atoms with Gasteiger partial charge in [0.1, 0.15) is 11.9 Å². The summed E-state index contributed by atoms with van der Waals surface area (Å²) in [5, 5.41) is 8.05. The predicted octanol–water partition coefficient (Wildman–Crippen LogP) is 3.10. The molecule has 0 bridgehead atoms. The van der Waals surface area contributed by atoms with Crippen LogP contribution in [0.4, 0.5) is 5.82 Å². The minimum absolute atomic E-state index is 0. The highest BCUT2D eigenvalue weighted by Gasteiger charge is 2.30. The lowest BCUT2D eigenvalue weighted by molar-refractivity contribution is -0.126. The Morgan fingerprint density at radius 3 is 2.88 bits per heavy atom. The summed E-state index contributed by atoms with van der Waals surface area (Å²) >= 11 is 12.2. The van der Waals surface area contributed by atoms with Gasteiger partial charge >= 0.3 is 0 Å². The number of anilines is 1. The average Bonchev–Trinajstić information content (AvgIpc) is 3.21. The fraction of sp³-hybridized carbons (Fsp3) is 0.375. The van der Waals surface area contributed by atoms with Gasteiger partial charge in [0, 0.05) is 12.6 Å². The number of hydrogen-bond acceptors (Lipinski definition) is 4. The first-order chi connectivity index (χ1) is 11.6. The van der Waals surface area contributed by atoms with Gasteiger partial charge in [0.2, 0.25) is 0 Å². The highest BCUT2D eigenvalue weighted by Crippen LogP contribution is 2.27. The number of rotatable bonds is 5. The molecule has 2 aromatic rings. The van der Waals surface area contributed by atoms with Gasteiger partial charge in [-0.05, 0) is 24.5 Å². The van der Waals surface area contributed by atoms with Crippen molar-refractivity contribution >= 4 is 47.3 Å². The highest BCUT2D eigenvalue weighted by atomic mass is 35.5. The maximum Gasteiger partial charge on any atom is 0.254 e. The molecule has 1 aromatic carbocycles. The van der Waals surface area contributed by atoms with Gasteiger partial charge in [-0.25, -0.2) is 4.68 Å². The summed E-state index contributed by atoms with van der Waals surface area (Å²) in [5.41, 5.74) is 6.40. The topological polar surface area (TPSA) is 82.2 Å². The van der Waals surface area contributed by atoms with Gasteiger partial charge in [0.25, 0.3) is 5.91 Å². The van der Waals surface area contributed by atoms with Gasteiger partial charge in [-0.2, -0.15) is 5.10 Å².